The first kappa shape index (κ1) is 13.0. The van der Waals surface area contributed by atoms with Gasteiger partial charge in [-0.3, -0.25) is 9.36 Å². The summed E-state index contributed by atoms with van der Waals surface area (Å²) in [5.74, 6) is -0.166. The van der Waals surface area contributed by atoms with Gasteiger partial charge in [0.05, 0.1) is 11.0 Å². The summed E-state index contributed by atoms with van der Waals surface area (Å²) in [7, 11) is 0. The molecule has 0 radical (unpaired) electrons. The fourth-order valence-corrected chi connectivity index (χ4v) is 2.91. The molecule has 1 aliphatic carbocycles. The second-order valence-electron chi connectivity index (χ2n) is 5.38. The van der Waals surface area contributed by atoms with Gasteiger partial charge in [0.2, 0.25) is 5.95 Å². The van der Waals surface area contributed by atoms with Crippen molar-refractivity contribution < 1.29 is 9.90 Å². The summed E-state index contributed by atoms with van der Waals surface area (Å²) in [6, 6.07) is 8.07. The van der Waals surface area contributed by atoms with Crippen LogP contribution in [-0.2, 0) is 11.3 Å². The molecular formula is C15H19N3O2. The molecule has 0 bridgehead atoms. The molecule has 2 aromatic rings. The zero-order chi connectivity index (χ0) is 13.9. The van der Waals surface area contributed by atoms with Crippen LogP contribution in [0.5, 0.6) is 0 Å². The van der Waals surface area contributed by atoms with Gasteiger partial charge in [0.1, 0.15) is 6.54 Å². The number of carboxylic acid groups (broad SMARTS) is 1. The number of nitrogens with one attached hydrogen (secondary N) is 1. The van der Waals surface area contributed by atoms with Crippen LogP contribution in [0.15, 0.2) is 24.3 Å². The Morgan fingerprint density at radius 3 is 2.80 bits per heavy atom. The molecule has 5 heteroatoms. The van der Waals surface area contributed by atoms with Gasteiger partial charge in [0.15, 0.2) is 0 Å². The third-order valence-corrected chi connectivity index (χ3v) is 3.89. The zero-order valence-corrected chi connectivity index (χ0v) is 11.4. The largest absolute Gasteiger partial charge is 0.480 e. The molecule has 1 heterocycles. The number of imidazole rings is 1. The molecule has 1 saturated carbocycles. The lowest BCUT2D eigenvalue weighted by Gasteiger charge is -2.23. The molecule has 1 aromatic heterocycles. The van der Waals surface area contributed by atoms with Crippen LogP contribution < -0.4 is 5.32 Å². The number of hydrogen-bond acceptors (Lipinski definition) is 3. The first-order valence-corrected chi connectivity index (χ1v) is 7.17. The number of fused-ring (bicyclic) bond motifs is 1. The number of hydrogen-bond donors (Lipinski definition) is 2. The molecule has 0 aliphatic heterocycles. The maximum atomic E-state index is 11.1. The minimum absolute atomic E-state index is 0.0600. The topological polar surface area (TPSA) is 67.2 Å². The van der Waals surface area contributed by atoms with Gasteiger partial charge in [-0.05, 0) is 25.0 Å². The van der Waals surface area contributed by atoms with E-state index >= 15 is 0 Å². The highest BCUT2D eigenvalue weighted by atomic mass is 16.4. The quantitative estimate of drug-likeness (QED) is 0.899. The van der Waals surface area contributed by atoms with Gasteiger partial charge in [-0.25, -0.2) is 4.98 Å². The van der Waals surface area contributed by atoms with Crippen molar-refractivity contribution in [2.75, 3.05) is 5.32 Å². The van der Waals surface area contributed by atoms with Crippen LogP contribution in [0, 0.1) is 0 Å². The summed E-state index contributed by atoms with van der Waals surface area (Å²) >= 11 is 0. The van der Waals surface area contributed by atoms with E-state index in [0.717, 1.165) is 23.9 Å². The summed E-state index contributed by atoms with van der Waals surface area (Å²) in [5, 5.41) is 12.5. The number of para-hydroxylation sites is 2. The van der Waals surface area contributed by atoms with Gasteiger partial charge in [0, 0.05) is 6.04 Å². The standard InChI is InChI=1S/C15H19N3O2/c19-14(20)10-18-13-9-5-4-8-12(13)17-15(18)16-11-6-2-1-3-7-11/h4-5,8-9,11H,1-3,6-7,10H2,(H,16,17)(H,19,20). The van der Waals surface area contributed by atoms with Crippen molar-refractivity contribution in [1.82, 2.24) is 9.55 Å². The Labute approximate surface area is 117 Å². The molecule has 5 nitrogen and oxygen atoms in total. The number of rotatable bonds is 4. The molecule has 0 amide bonds. The fourth-order valence-electron chi connectivity index (χ4n) is 2.91. The highest BCUT2D eigenvalue weighted by Gasteiger charge is 2.18. The third-order valence-electron chi connectivity index (χ3n) is 3.89. The van der Waals surface area contributed by atoms with Crippen molar-refractivity contribution in [3.63, 3.8) is 0 Å². The summed E-state index contributed by atoms with van der Waals surface area (Å²) in [6.07, 6.45) is 6.03. The monoisotopic (exact) mass is 273 g/mol. The summed E-state index contributed by atoms with van der Waals surface area (Å²) in [4.78, 5) is 15.6. The molecule has 0 atom stereocenters. The van der Waals surface area contributed by atoms with E-state index in [1.807, 2.05) is 24.3 Å². The molecule has 0 saturated heterocycles. The Morgan fingerprint density at radius 2 is 2.05 bits per heavy atom. The van der Waals surface area contributed by atoms with Crippen molar-refractivity contribution in [2.45, 2.75) is 44.7 Å². The average molecular weight is 273 g/mol. The third kappa shape index (κ3) is 2.61. The van der Waals surface area contributed by atoms with E-state index in [1.165, 1.54) is 19.3 Å². The maximum Gasteiger partial charge on any atom is 0.323 e. The van der Waals surface area contributed by atoms with Crippen LogP contribution in [-0.4, -0.2) is 26.7 Å². The molecule has 0 spiro atoms. The molecule has 1 aromatic carbocycles. The van der Waals surface area contributed by atoms with E-state index in [-0.39, 0.29) is 6.54 Å². The second kappa shape index (κ2) is 5.53. The normalized spacial score (nSPS) is 16.4. The first-order chi connectivity index (χ1) is 9.74. The van der Waals surface area contributed by atoms with Gasteiger partial charge < -0.3 is 10.4 Å². The van der Waals surface area contributed by atoms with Crippen LogP contribution in [0.3, 0.4) is 0 Å². The van der Waals surface area contributed by atoms with Crippen molar-refractivity contribution in [2.24, 2.45) is 0 Å². The van der Waals surface area contributed by atoms with Gasteiger partial charge in [-0.1, -0.05) is 31.4 Å². The summed E-state index contributed by atoms with van der Waals surface area (Å²) in [6.45, 7) is -0.0600. The maximum absolute atomic E-state index is 11.1. The lowest BCUT2D eigenvalue weighted by atomic mass is 9.96. The van der Waals surface area contributed by atoms with Crippen molar-refractivity contribution in [1.29, 1.82) is 0 Å². The van der Waals surface area contributed by atoms with Gasteiger partial charge in [-0.15, -0.1) is 0 Å². The van der Waals surface area contributed by atoms with E-state index in [0.29, 0.717) is 12.0 Å². The number of carbonyl (C=O) groups is 1. The smallest absolute Gasteiger partial charge is 0.323 e. The Morgan fingerprint density at radius 1 is 1.30 bits per heavy atom. The lowest BCUT2D eigenvalue weighted by Crippen LogP contribution is -2.25. The second-order valence-corrected chi connectivity index (χ2v) is 5.38. The average Bonchev–Trinajstić information content (AvgIpc) is 2.78. The molecule has 1 aliphatic rings. The van der Waals surface area contributed by atoms with Crippen LogP contribution in [0.25, 0.3) is 11.0 Å². The molecule has 1 fully saturated rings. The highest BCUT2D eigenvalue weighted by Crippen LogP contribution is 2.24. The molecule has 0 unspecified atom stereocenters. The minimum Gasteiger partial charge on any atom is -0.480 e. The predicted octanol–water partition coefficient (Wildman–Crippen LogP) is 2.87. The van der Waals surface area contributed by atoms with E-state index in [2.05, 4.69) is 10.3 Å². The van der Waals surface area contributed by atoms with Crippen LogP contribution in [0.1, 0.15) is 32.1 Å². The van der Waals surface area contributed by atoms with Crippen molar-refractivity contribution >= 4 is 23.0 Å². The van der Waals surface area contributed by atoms with E-state index in [9.17, 15) is 4.79 Å². The summed E-state index contributed by atoms with van der Waals surface area (Å²) < 4.78 is 1.76. The highest BCUT2D eigenvalue weighted by molar-refractivity contribution is 5.81. The number of carboxylic acids is 1. The van der Waals surface area contributed by atoms with Crippen LogP contribution in [0.4, 0.5) is 5.95 Å². The molecule has 20 heavy (non-hydrogen) atoms. The van der Waals surface area contributed by atoms with Crippen molar-refractivity contribution in [3.05, 3.63) is 24.3 Å². The Kier molecular flexibility index (Phi) is 3.58. The Bertz CT molecular complexity index is 615. The zero-order valence-electron chi connectivity index (χ0n) is 11.4. The first-order valence-electron chi connectivity index (χ1n) is 7.17. The number of anilines is 1. The number of benzene rings is 1. The lowest BCUT2D eigenvalue weighted by molar-refractivity contribution is -0.137. The summed E-state index contributed by atoms with van der Waals surface area (Å²) in [5.41, 5.74) is 1.71. The molecule has 2 N–H and O–H groups in total. The number of aromatic nitrogens is 2. The fraction of sp³-hybridized carbons (Fsp3) is 0.467. The molecule has 106 valence electrons. The Hall–Kier alpha value is -2.04. The van der Waals surface area contributed by atoms with Crippen LogP contribution >= 0.6 is 0 Å². The number of nitrogens with zero attached hydrogens (tertiary/aromatic N) is 2. The van der Waals surface area contributed by atoms with Crippen LogP contribution in [0.2, 0.25) is 0 Å². The molecule has 3 rings (SSSR count). The minimum atomic E-state index is -0.847. The van der Waals surface area contributed by atoms with Gasteiger partial charge in [0.25, 0.3) is 0 Å². The Balaban J connectivity index is 1.93. The van der Waals surface area contributed by atoms with Crippen molar-refractivity contribution in [3.8, 4) is 0 Å². The van der Waals surface area contributed by atoms with E-state index < -0.39 is 5.97 Å². The predicted molar refractivity (Wildman–Crippen MR) is 77.9 cm³/mol. The van der Waals surface area contributed by atoms with Gasteiger partial charge in [-0.2, -0.15) is 0 Å². The van der Waals surface area contributed by atoms with E-state index in [1.54, 1.807) is 4.57 Å². The SMILES string of the molecule is O=C(O)Cn1c(NC2CCCCC2)nc2ccccc21. The van der Waals surface area contributed by atoms with Gasteiger partial charge >= 0.3 is 5.97 Å². The van der Waals surface area contributed by atoms with E-state index in [4.69, 9.17) is 5.11 Å². The molecular weight excluding hydrogens is 254 g/mol. The number of aliphatic carboxylic acids is 1.